The van der Waals surface area contributed by atoms with Crippen molar-refractivity contribution in [1.82, 2.24) is 19.6 Å². The van der Waals surface area contributed by atoms with Gasteiger partial charge in [-0.15, -0.1) is 0 Å². The van der Waals surface area contributed by atoms with E-state index in [1.165, 1.54) is 30.5 Å². The summed E-state index contributed by atoms with van der Waals surface area (Å²) < 4.78 is 14.6. The molecule has 0 radical (unpaired) electrons. The molecule has 3 aromatic heterocycles. The monoisotopic (exact) mass is 372 g/mol. The van der Waals surface area contributed by atoms with Crippen LogP contribution in [0.2, 0.25) is 0 Å². The zero-order valence-electron chi connectivity index (χ0n) is 14.4. The quantitative estimate of drug-likeness (QED) is 0.529. The molecule has 1 aromatic carbocycles. The minimum atomic E-state index is -0.468. The van der Waals surface area contributed by atoms with Gasteiger partial charge in [-0.25, -0.2) is 18.7 Å². The highest BCUT2D eigenvalue weighted by Crippen LogP contribution is 2.11. The van der Waals surface area contributed by atoms with Gasteiger partial charge in [-0.2, -0.15) is 5.10 Å². The third-order valence-corrected chi connectivity index (χ3v) is 3.71. The Morgan fingerprint density at radius 3 is 2.68 bits per heavy atom. The molecular formula is C20H13FN6O. The number of rotatable bonds is 2. The second-order valence-electron chi connectivity index (χ2n) is 5.74. The number of halogens is 1. The Bertz CT molecular complexity index is 1210. The van der Waals surface area contributed by atoms with Crippen LogP contribution in [0, 0.1) is 17.7 Å². The smallest absolute Gasteiger partial charge is 0.308 e. The molecule has 28 heavy (non-hydrogen) atoms. The van der Waals surface area contributed by atoms with Crippen molar-refractivity contribution < 1.29 is 9.18 Å². The Balaban J connectivity index is 1.47. The molecule has 0 saturated carbocycles. The fourth-order valence-electron chi connectivity index (χ4n) is 2.45. The minimum Gasteiger partial charge on any atom is -0.308 e. The Morgan fingerprint density at radius 2 is 1.82 bits per heavy atom. The van der Waals surface area contributed by atoms with Gasteiger partial charge >= 0.3 is 6.03 Å². The molecule has 136 valence electrons. The number of hydrogen-bond acceptors (Lipinski definition) is 4. The summed E-state index contributed by atoms with van der Waals surface area (Å²) in [7, 11) is 0. The van der Waals surface area contributed by atoms with Gasteiger partial charge in [0.25, 0.3) is 0 Å². The van der Waals surface area contributed by atoms with Gasteiger partial charge < -0.3 is 10.6 Å². The van der Waals surface area contributed by atoms with Crippen molar-refractivity contribution in [3.63, 3.8) is 0 Å². The van der Waals surface area contributed by atoms with Gasteiger partial charge in [0.05, 0.1) is 18.1 Å². The van der Waals surface area contributed by atoms with E-state index in [1.54, 1.807) is 35.2 Å². The number of anilines is 2. The topological polar surface area (TPSA) is 84.2 Å². The second kappa shape index (κ2) is 7.55. The molecule has 0 fully saturated rings. The summed E-state index contributed by atoms with van der Waals surface area (Å²) in [5.74, 6) is 5.60. The minimum absolute atomic E-state index is 0.373. The van der Waals surface area contributed by atoms with E-state index in [2.05, 4.69) is 37.5 Å². The highest BCUT2D eigenvalue weighted by Gasteiger charge is 2.04. The van der Waals surface area contributed by atoms with E-state index in [1.807, 2.05) is 6.07 Å². The lowest BCUT2D eigenvalue weighted by Crippen LogP contribution is -2.19. The zero-order valence-corrected chi connectivity index (χ0v) is 14.4. The number of aromatic nitrogens is 4. The number of carbonyl (C=O) groups excluding carboxylic acids is 1. The molecule has 0 bridgehead atoms. The van der Waals surface area contributed by atoms with Crippen LogP contribution < -0.4 is 10.6 Å². The Kier molecular flexibility index (Phi) is 4.63. The maximum atomic E-state index is 12.9. The molecule has 7 nitrogen and oxygen atoms in total. The van der Waals surface area contributed by atoms with Crippen LogP contribution in [-0.2, 0) is 0 Å². The normalized spacial score (nSPS) is 10.2. The van der Waals surface area contributed by atoms with Crippen molar-refractivity contribution in [2.75, 3.05) is 10.6 Å². The van der Waals surface area contributed by atoms with Gasteiger partial charge in [0, 0.05) is 23.6 Å². The van der Waals surface area contributed by atoms with Crippen LogP contribution >= 0.6 is 0 Å². The fraction of sp³-hybridized carbons (Fsp3) is 0. The number of fused-ring (bicyclic) bond motifs is 1. The predicted octanol–water partition coefficient (Wildman–Crippen LogP) is 3.31. The van der Waals surface area contributed by atoms with Crippen molar-refractivity contribution in [3.05, 3.63) is 84.3 Å². The van der Waals surface area contributed by atoms with Gasteiger partial charge in [0.2, 0.25) is 0 Å². The molecule has 2 amide bonds. The van der Waals surface area contributed by atoms with Crippen LogP contribution in [0.4, 0.5) is 20.6 Å². The first kappa shape index (κ1) is 17.2. The van der Waals surface area contributed by atoms with E-state index in [0.717, 1.165) is 0 Å². The van der Waals surface area contributed by atoms with Crippen LogP contribution in [0.25, 0.3) is 5.65 Å². The summed E-state index contributed by atoms with van der Waals surface area (Å²) in [6.07, 6.45) is 6.39. The molecular weight excluding hydrogens is 359 g/mol. The molecule has 4 aromatic rings. The summed E-state index contributed by atoms with van der Waals surface area (Å²) in [5.41, 5.74) is 2.91. The first-order valence-electron chi connectivity index (χ1n) is 8.27. The Labute approximate surface area is 159 Å². The third kappa shape index (κ3) is 3.94. The first-order chi connectivity index (χ1) is 13.7. The summed E-state index contributed by atoms with van der Waals surface area (Å²) in [5, 5.41) is 9.48. The molecule has 0 aliphatic rings. The molecule has 3 heterocycles. The number of imidazole rings is 1. The van der Waals surface area contributed by atoms with Gasteiger partial charge in [-0.3, -0.25) is 4.98 Å². The van der Waals surface area contributed by atoms with E-state index in [9.17, 15) is 9.18 Å². The van der Waals surface area contributed by atoms with Crippen molar-refractivity contribution >= 4 is 23.1 Å². The van der Waals surface area contributed by atoms with Gasteiger partial charge in [-0.1, -0.05) is 5.92 Å². The standard InChI is InChI=1S/C20H13FN6O/c21-15-4-6-16(7-5-15)25-20(28)26-17-10-14(11-22-12-17)3-8-18-13-23-19-2-1-9-24-27(18)19/h1-2,4-7,9-13H,(H2,25,26,28). The van der Waals surface area contributed by atoms with Crippen molar-refractivity contribution in [1.29, 1.82) is 0 Å². The summed E-state index contributed by atoms with van der Waals surface area (Å²) in [4.78, 5) is 20.4. The zero-order chi connectivity index (χ0) is 19.3. The molecule has 0 saturated heterocycles. The molecule has 0 unspecified atom stereocenters. The van der Waals surface area contributed by atoms with Crippen LogP contribution in [0.15, 0.2) is 67.3 Å². The second-order valence-corrected chi connectivity index (χ2v) is 5.74. The average molecular weight is 372 g/mol. The number of benzene rings is 1. The maximum Gasteiger partial charge on any atom is 0.323 e. The predicted molar refractivity (Wildman–Crippen MR) is 102 cm³/mol. The van der Waals surface area contributed by atoms with E-state index in [0.29, 0.717) is 28.3 Å². The lowest BCUT2D eigenvalue weighted by atomic mass is 10.2. The van der Waals surface area contributed by atoms with E-state index < -0.39 is 6.03 Å². The third-order valence-electron chi connectivity index (χ3n) is 3.71. The van der Waals surface area contributed by atoms with Crippen LogP contribution in [0.3, 0.4) is 0 Å². The summed E-state index contributed by atoms with van der Waals surface area (Å²) in [6, 6.07) is 10.3. The average Bonchev–Trinajstić information content (AvgIpc) is 3.12. The Hall–Kier alpha value is -4.25. The Morgan fingerprint density at radius 1 is 1.00 bits per heavy atom. The van der Waals surface area contributed by atoms with Gasteiger partial charge in [0.1, 0.15) is 11.5 Å². The number of pyridine rings is 1. The fourth-order valence-corrected chi connectivity index (χ4v) is 2.45. The lowest BCUT2D eigenvalue weighted by Gasteiger charge is -2.07. The molecule has 4 rings (SSSR count). The van der Waals surface area contributed by atoms with Crippen LogP contribution in [0.1, 0.15) is 11.3 Å². The lowest BCUT2D eigenvalue weighted by molar-refractivity contribution is 0.262. The molecule has 0 aliphatic carbocycles. The number of nitrogens with one attached hydrogen (secondary N) is 2. The first-order valence-corrected chi connectivity index (χ1v) is 8.27. The van der Waals surface area contributed by atoms with Gasteiger partial charge in [0.15, 0.2) is 5.65 Å². The van der Waals surface area contributed by atoms with Gasteiger partial charge in [-0.05, 0) is 48.4 Å². The maximum absolute atomic E-state index is 12.9. The SMILES string of the molecule is O=C(Nc1ccc(F)cc1)Nc1cncc(C#Cc2cnc3cccnn23)c1. The van der Waals surface area contributed by atoms with Crippen LogP contribution in [0.5, 0.6) is 0 Å². The number of urea groups is 1. The molecule has 2 N–H and O–H groups in total. The van der Waals surface area contributed by atoms with Crippen LogP contribution in [-0.4, -0.2) is 25.6 Å². The highest BCUT2D eigenvalue weighted by atomic mass is 19.1. The number of amides is 2. The molecule has 0 atom stereocenters. The molecule has 8 heteroatoms. The number of hydrogen-bond donors (Lipinski definition) is 2. The number of nitrogens with zero attached hydrogens (tertiary/aromatic N) is 4. The molecule has 0 aliphatic heterocycles. The van der Waals surface area contributed by atoms with E-state index in [-0.39, 0.29) is 5.82 Å². The van der Waals surface area contributed by atoms with E-state index in [4.69, 9.17) is 0 Å². The summed E-state index contributed by atoms with van der Waals surface area (Å²) >= 11 is 0. The largest absolute Gasteiger partial charge is 0.323 e. The van der Waals surface area contributed by atoms with Crippen molar-refractivity contribution in [2.24, 2.45) is 0 Å². The van der Waals surface area contributed by atoms with Crippen molar-refractivity contribution in [3.8, 4) is 11.8 Å². The highest BCUT2D eigenvalue weighted by molar-refractivity contribution is 5.99. The number of carbonyl (C=O) groups is 1. The molecule has 0 spiro atoms. The van der Waals surface area contributed by atoms with E-state index >= 15 is 0 Å². The van der Waals surface area contributed by atoms with Crippen molar-refractivity contribution in [2.45, 2.75) is 0 Å². The summed E-state index contributed by atoms with van der Waals surface area (Å²) in [6.45, 7) is 0.